The minimum absolute atomic E-state index is 0.0364. The van der Waals surface area contributed by atoms with E-state index in [9.17, 15) is 14.9 Å². The molecule has 0 amide bonds. The number of rotatable bonds is 5. The Morgan fingerprint density at radius 1 is 1.25 bits per heavy atom. The molecule has 2 aromatic carbocycles. The van der Waals surface area contributed by atoms with Crippen LogP contribution in [-0.2, 0) is 13.0 Å². The third-order valence-electron chi connectivity index (χ3n) is 5.62. The molecule has 0 spiro atoms. The van der Waals surface area contributed by atoms with E-state index in [2.05, 4.69) is 16.3 Å². The number of non-ortho nitro benzene ring substituents is 1. The van der Waals surface area contributed by atoms with Crippen LogP contribution >= 0.6 is 11.3 Å². The fourth-order valence-electron chi connectivity index (χ4n) is 4.02. The quantitative estimate of drug-likeness (QED) is 0.311. The van der Waals surface area contributed by atoms with Crippen LogP contribution in [0.2, 0.25) is 0 Å². The van der Waals surface area contributed by atoms with Gasteiger partial charge in [0.1, 0.15) is 18.2 Å². The Hall–Kier alpha value is -3.49. The van der Waals surface area contributed by atoms with E-state index in [1.807, 2.05) is 19.1 Å². The van der Waals surface area contributed by atoms with Crippen molar-refractivity contribution in [1.29, 1.82) is 0 Å². The minimum atomic E-state index is -0.462. The van der Waals surface area contributed by atoms with E-state index in [1.165, 1.54) is 17.0 Å². The van der Waals surface area contributed by atoms with E-state index in [0.29, 0.717) is 30.2 Å². The first kappa shape index (κ1) is 20.4. The number of allylic oxidation sites excluding steroid dienone is 1. The number of carbonyl (C=O) groups is 1. The van der Waals surface area contributed by atoms with Crippen LogP contribution in [-0.4, -0.2) is 28.9 Å². The van der Waals surface area contributed by atoms with Crippen LogP contribution in [0.25, 0.3) is 6.08 Å². The Morgan fingerprint density at radius 3 is 2.91 bits per heavy atom. The Bertz CT molecular complexity index is 1250. The van der Waals surface area contributed by atoms with Crippen LogP contribution in [0, 0.1) is 17.0 Å². The van der Waals surface area contributed by atoms with Gasteiger partial charge in [0.05, 0.1) is 16.1 Å². The van der Waals surface area contributed by atoms with Crippen molar-refractivity contribution < 1.29 is 19.2 Å². The SMILES string of the molecule is Cc1cc2c(c3c1C(=O)/C(=C/c1cccc([N+](=O)[O-])c1)O3)CN(CCc1cccs1)CO2. The summed E-state index contributed by atoms with van der Waals surface area (Å²) in [6.07, 6.45) is 2.49. The maximum atomic E-state index is 13.1. The van der Waals surface area contributed by atoms with Gasteiger partial charge in [-0.1, -0.05) is 18.2 Å². The minimum Gasteiger partial charge on any atom is -0.478 e. The number of ketones is 1. The van der Waals surface area contributed by atoms with Crippen LogP contribution in [0.4, 0.5) is 5.69 Å². The van der Waals surface area contributed by atoms with Crippen molar-refractivity contribution in [2.45, 2.75) is 19.9 Å². The van der Waals surface area contributed by atoms with E-state index in [4.69, 9.17) is 9.47 Å². The summed E-state index contributed by atoms with van der Waals surface area (Å²) in [5.41, 5.74) is 2.68. The lowest BCUT2D eigenvalue weighted by Gasteiger charge is -2.30. The Morgan fingerprint density at radius 2 is 2.12 bits per heavy atom. The van der Waals surface area contributed by atoms with Crippen LogP contribution in [0.15, 0.2) is 53.6 Å². The second kappa shape index (κ2) is 8.22. The van der Waals surface area contributed by atoms with E-state index >= 15 is 0 Å². The number of nitro benzene ring substituents is 1. The molecule has 3 aromatic rings. The topological polar surface area (TPSA) is 81.9 Å². The Kier molecular flexibility index (Phi) is 5.24. The zero-order valence-electron chi connectivity index (χ0n) is 17.4. The highest BCUT2D eigenvalue weighted by Crippen LogP contribution is 2.44. The highest BCUT2D eigenvalue weighted by Gasteiger charge is 2.35. The smallest absolute Gasteiger partial charge is 0.270 e. The molecule has 3 heterocycles. The number of nitrogens with zero attached hydrogens (tertiary/aromatic N) is 2. The predicted octanol–water partition coefficient (Wildman–Crippen LogP) is 4.98. The van der Waals surface area contributed by atoms with Gasteiger partial charge in [-0.25, -0.2) is 0 Å². The van der Waals surface area contributed by atoms with Crippen molar-refractivity contribution in [1.82, 2.24) is 4.90 Å². The monoisotopic (exact) mass is 448 g/mol. The highest BCUT2D eigenvalue weighted by atomic mass is 32.1. The second-order valence-corrected chi connectivity index (χ2v) is 8.85. The van der Waals surface area contributed by atoms with Gasteiger partial charge in [0.15, 0.2) is 5.76 Å². The lowest BCUT2D eigenvalue weighted by Crippen LogP contribution is -2.33. The second-order valence-electron chi connectivity index (χ2n) is 7.82. The molecule has 0 saturated heterocycles. The zero-order valence-corrected chi connectivity index (χ0v) is 18.2. The molecule has 8 heteroatoms. The number of fused-ring (bicyclic) bond motifs is 3. The molecule has 0 atom stereocenters. The van der Waals surface area contributed by atoms with Gasteiger partial charge in [-0.05, 0) is 48.1 Å². The molecule has 2 aliphatic rings. The molecule has 2 aliphatic heterocycles. The predicted molar refractivity (Wildman–Crippen MR) is 121 cm³/mol. The van der Waals surface area contributed by atoms with Crippen molar-refractivity contribution in [3.63, 3.8) is 0 Å². The van der Waals surface area contributed by atoms with Gasteiger partial charge in [-0.2, -0.15) is 0 Å². The summed E-state index contributed by atoms with van der Waals surface area (Å²) >= 11 is 1.74. The number of carbonyl (C=O) groups excluding carboxylic acids is 1. The largest absolute Gasteiger partial charge is 0.478 e. The van der Waals surface area contributed by atoms with E-state index in [-0.39, 0.29) is 17.2 Å². The molecule has 0 fully saturated rings. The molecule has 32 heavy (non-hydrogen) atoms. The summed E-state index contributed by atoms with van der Waals surface area (Å²) in [7, 11) is 0. The third-order valence-corrected chi connectivity index (χ3v) is 6.56. The normalized spacial score (nSPS) is 16.4. The molecule has 1 aromatic heterocycles. The number of hydrogen-bond acceptors (Lipinski definition) is 7. The summed E-state index contributed by atoms with van der Waals surface area (Å²) < 4.78 is 12.0. The summed E-state index contributed by atoms with van der Waals surface area (Å²) in [5, 5.41) is 13.1. The lowest BCUT2D eigenvalue weighted by atomic mass is 9.98. The van der Waals surface area contributed by atoms with Crippen LogP contribution < -0.4 is 9.47 Å². The van der Waals surface area contributed by atoms with Crippen LogP contribution in [0.1, 0.15) is 31.9 Å². The van der Waals surface area contributed by atoms with Crippen LogP contribution in [0.5, 0.6) is 11.5 Å². The lowest BCUT2D eigenvalue weighted by molar-refractivity contribution is -0.384. The molecule has 7 nitrogen and oxygen atoms in total. The van der Waals surface area contributed by atoms with Crippen molar-refractivity contribution in [3.8, 4) is 11.5 Å². The van der Waals surface area contributed by atoms with E-state index < -0.39 is 4.92 Å². The van der Waals surface area contributed by atoms with Crippen molar-refractivity contribution in [2.75, 3.05) is 13.3 Å². The number of hydrogen-bond donors (Lipinski definition) is 0. The molecule has 0 aliphatic carbocycles. The average Bonchev–Trinajstić information content (AvgIpc) is 3.41. The third kappa shape index (κ3) is 3.79. The number of thiophene rings is 1. The molecule has 0 radical (unpaired) electrons. The first-order valence-corrected chi connectivity index (χ1v) is 11.1. The van der Waals surface area contributed by atoms with Gasteiger partial charge < -0.3 is 9.47 Å². The van der Waals surface area contributed by atoms with Crippen molar-refractivity contribution in [2.24, 2.45) is 0 Å². The number of nitro groups is 1. The van der Waals surface area contributed by atoms with Crippen molar-refractivity contribution in [3.05, 3.63) is 90.8 Å². The molecule has 5 rings (SSSR count). The van der Waals surface area contributed by atoms with Gasteiger partial charge in [-0.3, -0.25) is 19.8 Å². The number of benzene rings is 2. The molecule has 0 bridgehead atoms. The molecular formula is C24H20N2O5S. The number of ether oxygens (including phenoxy) is 2. The Labute approximate surface area is 188 Å². The molecule has 162 valence electrons. The summed E-state index contributed by atoms with van der Waals surface area (Å²) in [6, 6.07) is 12.2. The number of aryl methyl sites for hydroxylation is 1. The Balaban J connectivity index is 1.43. The summed E-state index contributed by atoms with van der Waals surface area (Å²) in [5.74, 6) is 1.20. The van der Waals surface area contributed by atoms with Gasteiger partial charge in [0.2, 0.25) is 5.78 Å². The molecule has 0 N–H and O–H groups in total. The van der Waals surface area contributed by atoms with Crippen molar-refractivity contribution >= 4 is 28.9 Å². The first-order valence-electron chi connectivity index (χ1n) is 10.2. The molecule has 0 saturated carbocycles. The molecule has 0 unspecified atom stereocenters. The van der Waals surface area contributed by atoms with E-state index in [0.717, 1.165) is 29.8 Å². The fraction of sp³-hybridized carbons (Fsp3) is 0.208. The standard InChI is InChI=1S/C24H20N2O5S/c1-15-10-20-19(13-25(14-30-20)8-7-18-6-3-9-32-18)24-22(15)23(27)21(31-24)12-16-4-2-5-17(11-16)26(28)29/h2-6,9-12H,7-8,13-14H2,1H3/b21-12-. The van der Waals surface area contributed by atoms with Gasteiger partial charge in [0, 0.05) is 30.1 Å². The van der Waals surface area contributed by atoms with Gasteiger partial charge in [0.25, 0.3) is 5.69 Å². The van der Waals surface area contributed by atoms with E-state index in [1.54, 1.807) is 29.5 Å². The zero-order chi connectivity index (χ0) is 22.2. The first-order chi connectivity index (χ1) is 15.5. The maximum Gasteiger partial charge on any atom is 0.270 e. The van der Waals surface area contributed by atoms with Crippen LogP contribution in [0.3, 0.4) is 0 Å². The highest BCUT2D eigenvalue weighted by molar-refractivity contribution is 7.09. The summed E-state index contributed by atoms with van der Waals surface area (Å²) in [4.78, 5) is 27.2. The fourth-order valence-corrected chi connectivity index (χ4v) is 4.72. The van der Waals surface area contributed by atoms with Gasteiger partial charge >= 0.3 is 0 Å². The molecular weight excluding hydrogens is 428 g/mol. The number of Topliss-reactive ketones (excluding diaryl/α,β-unsaturated/α-hetero) is 1. The summed E-state index contributed by atoms with van der Waals surface area (Å²) in [6.45, 7) is 3.82. The maximum absolute atomic E-state index is 13.1. The average molecular weight is 449 g/mol. The van der Waals surface area contributed by atoms with Gasteiger partial charge in [-0.15, -0.1) is 11.3 Å².